The summed E-state index contributed by atoms with van der Waals surface area (Å²) in [5.41, 5.74) is 2.67. The second-order valence-electron chi connectivity index (χ2n) is 7.63. The van der Waals surface area contributed by atoms with Gasteiger partial charge in [-0.2, -0.15) is 0 Å². The number of phenols is 1. The molecule has 0 unspecified atom stereocenters. The Morgan fingerprint density at radius 2 is 1.74 bits per heavy atom. The zero-order valence-corrected chi connectivity index (χ0v) is 18.0. The van der Waals surface area contributed by atoms with Gasteiger partial charge in [0.15, 0.2) is 0 Å². The number of carbonyl (C=O) groups excluding carboxylic acids is 1. The molecule has 0 saturated carbocycles. The number of fused-ring (bicyclic) bond motifs is 1. The molecule has 0 aliphatic rings. The molecule has 0 atom stereocenters. The van der Waals surface area contributed by atoms with E-state index in [2.05, 4.69) is 40.7 Å². The van der Waals surface area contributed by atoms with Crippen molar-refractivity contribution >= 4 is 17.2 Å². The zero-order valence-electron chi connectivity index (χ0n) is 18.0. The van der Waals surface area contributed by atoms with Gasteiger partial charge in [0.05, 0.1) is 0 Å². The second-order valence-corrected chi connectivity index (χ2v) is 7.63. The minimum absolute atomic E-state index is 0.270. The monoisotopic (exact) mass is 370 g/mol. The van der Waals surface area contributed by atoms with Gasteiger partial charge >= 0.3 is 0 Å². The van der Waals surface area contributed by atoms with E-state index in [0.29, 0.717) is 23.5 Å². The van der Waals surface area contributed by atoms with E-state index in [4.69, 9.17) is 4.74 Å². The summed E-state index contributed by atoms with van der Waals surface area (Å²) in [4.78, 5) is 11.0. The molecule has 2 rings (SSSR count). The molecule has 0 heterocycles. The summed E-state index contributed by atoms with van der Waals surface area (Å²) in [6.07, 6.45) is 3.03. The van der Waals surface area contributed by atoms with Crippen molar-refractivity contribution < 1.29 is 14.6 Å². The van der Waals surface area contributed by atoms with Crippen LogP contribution in [-0.4, -0.2) is 11.6 Å². The molecule has 1 N–H and O–H groups in total. The highest BCUT2D eigenvalue weighted by Crippen LogP contribution is 2.46. The number of rotatable bonds is 6. The molecular weight excluding hydrogens is 336 g/mol. The van der Waals surface area contributed by atoms with Crippen molar-refractivity contribution in [3.63, 3.8) is 0 Å². The Morgan fingerprint density at radius 1 is 1.19 bits per heavy atom. The molecule has 3 nitrogen and oxygen atoms in total. The third kappa shape index (κ3) is 4.91. The van der Waals surface area contributed by atoms with Crippen molar-refractivity contribution in [3.05, 3.63) is 47.0 Å². The van der Waals surface area contributed by atoms with Crippen molar-refractivity contribution in [3.8, 4) is 11.5 Å². The number of carbonyl (C=O) groups is 1. The standard InChI is InChI=1S/C22H28O3.C2H6/c1-14(2)15(3)11-12-22(5,6)19-16(4)21(25-13-23)18-10-8-7-9-17(18)20(19)24;1-2/h7-11,13-14,24H,12H2,1-6H3;1-2H3/b15-11+;. The highest BCUT2D eigenvalue weighted by molar-refractivity contribution is 5.96. The largest absolute Gasteiger partial charge is 0.507 e. The van der Waals surface area contributed by atoms with Gasteiger partial charge in [0.25, 0.3) is 6.47 Å². The summed E-state index contributed by atoms with van der Waals surface area (Å²) in [6.45, 7) is 17.1. The van der Waals surface area contributed by atoms with Crippen LogP contribution in [0.5, 0.6) is 11.5 Å². The van der Waals surface area contributed by atoms with Crippen LogP contribution in [0.3, 0.4) is 0 Å². The van der Waals surface area contributed by atoms with Crippen LogP contribution in [0.25, 0.3) is 10.8 Å². The van der Waals surface area contributed by atoms with Crippen LogP contribution < -0.4 is 4.74 Å². The molecule has 2 aromatic rings. The molecule has 0 spiro atoms. The van der Waals surface area contributed by atoms with E-state index in [1.54, 1.807) is 0 Å². The van der Waals surface area contributed by atoms with Gasteiger partial charge in [0.1, 0.15) is 11.5 Å². The lowest BCUT2D eigenvalue weighted by atomic mass is 9.76. The third-order valence-electron chi connectivity index (χ3n) is 5.07. The van der Waals surface area contributed by atoms with E-state index in [1.807, 2.05) is 45.0 Å². The molecular formula is C24H34O3. The molecule has 0 bridgehead atoms. The maximum atomic E-state index is 11.0. The maximum Gasteiger partial charge on any atom is 0.298 e. The highest BCUT2D eigenvalue weighted by atomic mass is 16.5. The summed E-state index contributed by atoms with van der Waals surface area (Å²) in [7, 11) is 0. The van der Waals surface area contributed by atoms with Gasteiger partial charge in [-0.3, -0.25) is 4.79 Å². The quantitative estimate of drug-likeness (QED) is 0.455. The number of ether oxygens (including phenoxy) is 1. The van der Waals surface area contributed by atoms with E-state index in [0.717, 1.165) is 22.9 Å². The van der Waals surface area contributed by atoms with Gasteiger partial charge in [0.2, 0.25) is 0 Å². The van der Waals surface area contributed by atoms with Crippen LogP contribution in [0.4, 0.5) is 0 Å². The predicted octanol–water partition coefficient (Wildman–Crippen LogP) is 6.69. The zero-order chi connectivity index (χ0) is 20.8. The van der Waals surface area contributed by atoms with Gasteiger partial charge in [-0.25, -0.2) is 0 Å². The van der Waals surface area contributed by atoms with Crippen molar-refractivity contribution in [2.45, 2.75) is 67.2 Å². The van der Waals surface area contributed by atoms with Crippen LogP contribution in [0.1, 0.15) is 66.0 Å². The molecule has 27 heavy (non-hydrogen) atoms. The summed E-state index contributed by atoms with van der Waals surface area (Å²) in [6, 6.07) is 7.47. The minimum Gasteiger partial charge on any atom is -0.507 e. The normalized spacial score (nSPS) is 12.0. The Morgan fingerprint density at radius 3 is 2.26 bits per heavy atom. The van der Waals surface area contributed by atoms with Crippen LogP contribution in [0.2, 0.25) is 0 Å². The van der Waals surface area contributed by atoms with E-state index in [1.165, 1.54) is 5.57 Å². The lowest BCUT2D eigenvalue weighted by molar-refractivity contribution is -0.120. The van der Waals surface area contributed by atoms with Gasteiger partial charge in [-0.1, -0.05) is 77.5 Å². The average molecular weight is 371 g/mol. The van der Waals surface area contributed by atoms with Crippen LogP contribution >= 0.6 is 0 Å². The first-order valence-corrected chi connectivity index (χ1v) is 9.72. The smallest absolute Gasteiger partial charge is 0.298 e. The number of benzene rings is 2. The first-order chi connectivity index (χ1) is 12.7. The number of phenolic OH excluding ortho intramolecular Hbond substituents is 1. The Bertz CT molecular complexity index is 814. The molecule has 0 amide bonds. The second kappa shape index (κ2) is 9.59. The van der Waals surface area contributed by atoms with E-state index in [9.17, 15) is 9.90 Å². The van der Waals surface area contributed by atoms with E-state index >= 15 is 0 Å². The Hall–Kier alpha value is -2.29. The Labute approximate surface area is 164 Å². The fourth-order valence-electron chi connectivity index (χ4n) is 3.30. The minimum atomic E-state index is -0.296. The summed E-state index contributed by atoms with van der Waals surface area (Å²) in [5.74, 6) is 1.29. The van der Waals surface area contributed by atoms with E-state index < -0.39 is 0 Å². The van der Waals surface area contributed by atoms with Crippen molar-refractivity contribution in [2.24, 2.45) is 5.92 Å². The molecule has 0 aromatic heterocycles. The molecule has 0 aliphatic heterocycles. The lowest BCUT2D eigenvalue weighted by Gasteiger charge is -2.29. The SMILES string of the molecule is C/C(=C\CC(C)(C)c1c(C)c(OC=O)c2ccccc2c1O)C(C)C.CC. The molecule has 148 valence electrons. The summed E-state index contributed by atoms with van der Waals surface area (Å²) >= 11 is 0. The fraction of sp³-hybridized carbons (Fsp3) is 0.458. The first-order valence-electron chi connectivity index (χ1n) is 9.72. The molecule has 0 fully saturated rings. The van der Waals surface area contributed by atoms with Crippen LogP contribution in [0, 0.1) is 12.8 Å². The van der Waals surface area contributed by atoms with Gasteiger partial charge in [-0.15, -0.1) is 0 Å². The Kier molecular flexibility index (Phi) is 8.08. The van der Waals surface area contributed by atoms with Crippen LogP contribution in [-0.2, 0) is 10.2 Å². The maximum absolute atomic E-state index is 11.0. The molecule has 2 aromatic carbocycles. The third-order valence-corrected chi connectivity index (χ3v) is 5.07. The highest BCUT2D eigenvalue weighted by Gasteiger charge is 2.29. The topological polar surface area (TPSA) is 46.5 Å². The number of hydrogen-bond acceptors (Lipinski definition) is 3. The number of allylic oxidation sites excluding steroid dienone is 2. The fourth-order valence-corrected chi connectivity index (χ4v) is 3.30. The van der Waals surface area contributed by atoms with Gasteiger partial charge in [-0.05, 0) is 37.2 Å². The Balaban J connectivity index is 0.00000176. The number of aromatic hydroxyl groups is 1. The average Bonchev–Trinajstić information content (AvgIpc) is 2.64. The van der Waals surface area contributed by atoms with Gasteiger partial charge in [0, 0.05) is 16.3 Å². The summed E-state index contributed by atoms with van der Waals surface area (Å²) in [5, 5.41) is 12.4. The lowest BCUT2D eigenvalue weighted by Crippen LogP contribution is -2.19. The van der Waals surface area contributed by atoms with Crippen molar-refractivity contribution in [1.82, 2.24) is 0 Å². The van der Waals surface area contributed by atoms with Crippen molar-refractivity contribution in [1.29, 1.82) is 0 Å². The van der Waals surface area contributed by atoms with E-state index in [-0.39, 0.29) is 11.2 Å². The molecule has 0 radical (unpaired) electrons. The van der Waals surface area contributed by atoms with Crippen molar-refractivity contribution in [2.75, 3.05) is 0 Å². The molecule has 0 aliphatic carbocycles. The first kappa shape index (κ1) is 22.8. The van der Waals surface area contributed by atoms with Crippen LogP contribution in [0.15, 0.2) is 35.9 Å². The van der Waals surface area contributed by atoms with Gasteiger partial charge < -0.3 is 9.84 Å². The predicted molar refractivity (Wildman–Crippen MR) is 115 cm³/mol. The number of hydrogen-bond donors (Lipinski definition) is 1. The molecule has 0 saturated heterocycles. The molecule has 3 heteroatoms. The summed E-state index contributed by atoms with van der Waals surface area (Å²) < 4.78 is 5.30.